The Morgan fingerprint density at radius 3 is 1.15 bits per heavy atom. The summed E-state index contributed by atoms with van der Waals surface area (Å²) in [4.78, 5) is 40.0. The van der Waals surface area contributed by atoms with Gasteiger partial charge in [-0.05, 0) is 119 Å². The van der Waals surface area contributed by atoms with Gasteiger partial charge in [0.25, 0.3) is 0 Å². The zero-order valence-electron chi connectivity index (χ0n) is 41.3. The average Bonchev–Trinajstić information content (AvgIpc) is 4.34. The lowest BCUT2D eigenvalue weighted by Crippen LogP contribution is -2.45. The van der Waals surface area contributed by atoms with Crippen molar-refractivity contribution in [3.63, 3.8) is 0 Å². The zero-order chi connectivity index (χ0) is 48.2. The van der Waals surface area contributed by atoms with Gasteiger partial charge in [0.05, 0.1) is 0 Å². The van der Waals surface area contributed by atoms with Crippen LogP contribution in [0.3, 0.4) is 0 Å². The van der Waals surface area contributed by atoms with Crippen LogP contribution in [0.1, 0.15) is 114 Å². The van der Waals surface area contributed by atoms with Crippen molar-refractivity contribution >= 4 is 23.2 Å². The van der Waals surface area contributed by atoms with Crippen molar-refractivity contribution in [2.24, 2.45) is 35.1 Å². The summed E-state index contributed by atoms with van der Waals surface area (Å²) >= 11 is 0. The molecule has 2 fully saturated rings. The number of nitrogens with zero attached hydrogens (tertiary/aromatic N) is 4. The minimum atomic E-state index is -0.0632. The first-order valence-corrected chi connectivity index (χ1v) is 25.4. The van der Waals surface area contributed by atoms with Crippen LogP contribution in [0.5, 0.6) is 0 Å². The van der Waals surface area contributed by atoms with E-state index in [0.29, 0.717) is 24.9 Å². The molecule has 8 rings (SSSR count). The van der Waals surface area contributed by atoms with Crippen molar-refractivity contribution in [3.05, 3.63) is 168 Å². The van der Waals surface area contributed by atoms with Crippen molar-refractivity contribution in [1.29, 1.82) is 0 Å². The summed E-state index contributed by atoms with van der Waals surface area (Å²) in [6, 6.07) is 46.0. The standard InChI is InChI=1S/2C30H37N3O/c2*1-4-8-22-10-12-23(13-11-22)24-14-16-25(17-15-24)33(20-28(31)21(3)5-2)30(34)27-19-26(27)29-9-6-7-18-32-29/h2*6-7,9-18,21,26-28H,4-5,8,19-20,31H2,1-3H3. The smallest absolute Gasteiger partial charge is 0.230 e. The van der Waals surface area contributed by atoms with E-state index in [1.54, 1.807) is 12.4 Å². The maximum absolute atomic E-state index is 13.6. The molecule has 68 heavy (non-hydrogen) atoms. The number of carbonyl (C=O) groups excluding carboxylic acids is 2. The minimum absolute atomic E-state index is 0.0233. The fourth-order valence-electron chi connectivity index (χ4n) is 9.19. The Balaban J connectivity index is 0.000000201. The highest BCUT2D eigenvalue weighted by Crippen LogP contribution is 2.49. The second-order valence-electron chi connectivity index (χ2n) is 19.4. The fraction of sp³-hybridized carbons (Fsp3) is 0.400. The number of amides is 2. The van der Waals surface area contributed by atoms with Gasteiger partial charge in [-0.15, -0.1) is 0 Å². The van der Waals surface area contributed by atoms with Gasteiger partial charge in [-0.2, -0.15) is 0 Å². The van der Waals surface area contributed by atoms with Gasteiger partial charge in [0.2, 0.25) is 11.8 Å². The molecule has 8 nitrogen and oxygen atoms in total. The Bertz CT molecular complexity index is 2300. The predicted molar refractivity (Wildman–Crippen MR) is 281 cm³/mol. The van der Waals surface area contributed by atoms with Crippen LogP contribution in [-0.4, -0.2) is 47.0 Å². The average molecular weight is 911 g/mol. The molecule has 0 saturated heterocycles. The number of hydrogen-bond acceptors (Lipinski definition) is 6. The van der Waals surface area contributed by atoms with Crippen molar-refractivity contribution in [3.8, 4) is 22.3 Å². The first-order chi connectivity index (χ1) is 33.0. The van der Waals surface area contributed by atoms with E-state index in [1.807, 2.05) is 46.2 Å². The summed E-state index contributed by atoms with van der Waals surface area (Å²) in [5.41, 5.74) is 24.3. The normalized spacial score (nSPS) is 18.8. The number of pyridine rings is 2. The van der Waals surface area contributed by atoms with Crippen LogP contribution in [0.25, 0.3) is 22.3 Å². The summed E-state index contributed by atoms with van der Waals surface area (Å²) in [6.45, 7) is 14.1. The molecule has 8 unspecified atom stereocenters. The molecule has 356 valence electrons. The van der Waals surface area contributed by atoms with Crippen molar-refractivity contribution in [1.82, 2.24) is 9.97 Å². The molecule has 6 aromatic rings. The largest absolute Gasteiger partial charge is 0.326 e. The Labute approximate surface area is 406 Å². The van der Waals surface area contributed by atoms with Crippen LogP contribution in [0.15, 0.2) is 146 Å². The Morgan fingerprint density at radius 2 is 0.853 bits per heavy atom. The second kappa shape index (κ2) is 23.9. The van der Waals surface area contributed by atoms with Crippen LogP contribution >= 0.6 is 0 Å². The maximum atomic E-state index is 13.6. The Kier molecular flexibility index (Phi) is 17.5. The van der Waals surface area contributed by atoms with Gasteiger partial charge >= 0.3 is 0 Å². The first kappa shape index (κ1) is 49.9. The number of aromatic nitrogens is 2. The van der Waals surface area contributed by atoms with E-state index in [4.69, 9.17) is 11.5 Å². The highest BCUT2D eigenvalue weighted by atomic mass is 16.2. The van der Waals surface area contributed by atoms with E-state index < -0.39 is 0 Å². The molecule has 2 aliphatic rings. The quantitative estimate of drug-likeness (QED) is 0.0787. The van der Waals surface area contributed by atoms with Crippen LogP contribution in [0.2, 0.25) is 0 Å². The number of nitrogens with two attached hydrogens (primary N) is 2. The highest BCUT2D eigenvalue weighted by molar-refractivity contribution is 5.98. The van der Waals surface area contributed by atoms with Crippen LogP contribution in [0, 0.1) is 23.7 Å². The van der Waals surface area contributed by atoms with Crippen LogP contribution < -0.4 is 21.3 Å². The number of benzene rings is 4. The molecule has 2 aromatic heterocycles. The van der Waals surface area contributed by atoms with E-state index >= 15 is 0 Å². The van der Waals surface area contributed by atoms with E-state index in [2.05, 4.69) is 149 Å². The summed E-state index contributed by atoms with van der Waals surface area (Å²) in [5, 5.41) is 0. The number of anilines is 2. The molecule has 0 spiro atoms. The predicted octanol–water partition coefficient (Wildman–Crippen LogP) is 12.4. The van der Waals surface area contributed by atoms with Gasteiger partial charge in [0.15, 0.2) is 0 Å². The molecule has 8 atom stereocenters. The SMILES string of the molecule is CCCc1ccc(-c2ccc(N(CC(N)C(C)CC)C(=O)C3CC3c3ccccn3)cc2)cc1.CCCc1ccc(-c2ccc(N(CC(N)C(C)CC)C(=O)C3CC3c3ccccn3)cc2)cc1. The second-order valence-corrected chi connectivity index (χ2v) is 19.4. The molecule has 2 saturated carbocycles. The van der Waals surface area contributed by atoms with Gasteiger partial charge in [-0.1, -0.05) is 152 Å². The first-order valence-electron chi connectivity index (χ1n) is 25.4. The molecule has 2 aliphatic carbocycles. The van der Waals surface area contributed by atoms with Gasteiger partial charge in [-0.25, -0.2) is 0 Å². The van der Waals surface area contributed by atoms with Crippen LogP contribution in [0.4, 0.5) is 11.4 Å². The van der Waals surface area contributed by atoms with E-state index in [-0.39, 0.29) is 47.6 Å². The van der Waals surface area contributed by atoms with Gasteiger partial charge in [0, 0.05) is 84.0 Å². The molecule has 0 radical (unpaired) electrons. The number of rotatable bonds is 20. The molecular weight excluding hydrogens is 837 g/mol. The third-order valence-corrected chi connectivity index (χ3v) is 14.4. The van der Waals surface area contributed by atoms with E-state index in [1.165, 1.54) is 22.3 Å². The molecule has 2 heterocycles. The lowest BCUT2D eigenvalue weighted by atomic mass is 9.98. The number of aryl methyl sites for hydroxylation is 2. The topological polar surface area (TPSA) is 118 Å². The Hall–Kier alpha value is -5.96. The van der Waals surface area contributed by atoms with Gasteiger partial charge < -0.3 is 21.3 Å². The number of hydrogen-bond donors (Lipinski definition) is 2. The van der Waals surface area contributed by atoms with Crippen LogP contribution in [-0.2, 0) is 22.4 Å². The molecule has 0 aliphatic heterocycles. The molecule has 2 amide bonds. The minimum Gasteiger partial charge on any atom is -0.326 e. The molecular formula is C60H74N6O2. The van der Waals surface area contributed by atoms with Crippen molar-refractivity contribution < 1.29 is 9.59 Å². The summed E-state index contributed by atoms with van der Waals surface area (Å²) in [7, 11) is 0. The highest BCUT2D eigenvalue weighted by Gasteiger charge is 2.48. The lowest BCUT2D eigenvalue weighted by Gasteiger charge is -2.29. The third kappa shape index (κ3) is 12.8. The number of carbonyl (C=O) groups is 2. The Morgan fingerprint density at radius 1 is 0.515 bits per heavy atom. The van der Waals surface area contributed by atoms with E-state index in [9.17, 15) is 9.59 Å². The summed E-state index contributed by atoms with van der Waals surface area (Å²) in [6.07, 6.45) is 11.8. The lowest BCUT2D eigenvalue weighted by molar-refractivity contribution is -0.120. The van der Waals surface area contributed by atoms with Gasteiger partial charge in [-0.3, -0.25) is 19.6 Å². The monoisotopic (exact) mass is 911 g/mol. The van der Waals surface area contributed by atoms with E-state index in [0.717, 1.165) is 85.3 Å². The van der Waals surface area contributed by atoms with Gasteiger partial charge in [0.1, 0.15) is 0 Å². The fourth-order valence-corrected chi connectivity index (χ4v) is 9.19. The third-order valence-electron chi connectivity index (χ3n) is 14.4. The van der Waals surface area contributed by atoms with Crippen molar-refractivity contribution in [2.75, 3.05) is 22.9 Å². The molecule has 4 aromatic carbocycles. The maximum Gasteiger partial charge on any atom is 0.230 e. The molecule has 8 heteroatoms. The molecule has 4 N–H and O–H groups in total. The molecule has 0 bridgehead atoms. The summed E-state index contributed by atoms with van der Waals surface area (Å²) < 4.78 is 0. The summed E-state index contributed by atoms with van der Waals surface area (Å²) in [5.74, 6) is 1.38. The zero-order valence-corrected chi connectivity index (χ0v) is 41.3. The van der Waals surface area contributed by atoms with Crippen molar-refractivity contribution in [2.45, 2.75) is 117 Å².